The van der Waals surface area contributed by atoms with Gasteiger partial charge in [0.05, 0.1) is 0 Å². The molecule has 0 aromatic carbocycles. The number of nitrogen functional groups attached to an aromatic ring is 1. The van der Waals surface area contributed by atoms with E-state index in [-0.39, 0.29) is 0 Å². The van der Waals surface area contributed by atoms with Crippen molar-refractivity contribution in [3.05, 3.63) is 24.0 Å². The summed E-state index contributed by atoms with van der Waals surface area (Å²) in [6, 6.07) is 3.21. The van der Waals surface area contributed by atoms with Crippen LogP contribution in [0, 0.1) is 0 Å². The van der Waals surface area contributed by atoms with Crippen LogP contribution in [0.2, 0.25) is 0 Å². The summed E-state index contributed by atoms with van der Waals surface area (Å²) in [4.78, 5) is 12.4. The number of alkyl halides is 1. The highest BCUT2D eigenvalue weighted by Gasteiger charge is 2.01. The lowest BCUT2D eigenvalue weighted by Gasteiger charge is -1.94. The summed E-state index contributed by atoms with van der Waals surface area (Å²) in [7, 11) is 0. The summed E-state index contributed by atoms with van der Waals surface area (Å²) in [5.74, 6) is 4.75. The molecule has 0 atom stereocenters. The van der Waals surface area contributed by atoms with Gasteiger partial charge in [-0.1, -0.05) is 22.6 Å². The van der Waals surface area contributed by atoms with Crippen molar-refractivity contribution in [2.24, 2.45) is 5.73 Å². The minimum Gasteiger partial charge on any atom is -0.364 e. The molecule has 1 heterocycles. The third-order valence-corrected chi connectivity index (χ3v) is 1.03. The van der Waals surface area contributed by atoms with Gasteiger partial charge in [0.15, 0.2) is 0 Å². The van der Waals surface area contributed by atoms with Crippen molar-refractivity contribution < 1.29 is 4.79 Å². The fraction of sp³-hybridized carbons (Fsp3) is 0.167. The molecule has 0 aliphatic rings. The van der Waals surface area contributed by atoms with Crippen LogP contribution in [0.1, 0.15) is 10.5 Å². The predicted octanol–water partition coefficient (Wildman–Crippen LogP) is 0.352. The molecule has 4 N–H and O–H groups in total. The first-order valence-electron chi connectivity index (χ1n) is 2.82. The largest absolute Gasteiger partial charge is 0.364 e. The molecule has 0 aliphatic carbocycles. The number of hydrogen-bond acceptors (Lipinski definition) is 2. The molecule has 0 spiro atoms. The lowest BCUT2D eigenvalue weighted by atomic mass is 10.4. The second-order valence-electron chi connectivity index (χ2n) is 1.66. The molecule has 11 heavy (non-hydrogen) atoms. The first-order chi connectivity index (χ1) is 5.22. The number of aromatic nitrogens is 1. The van der Waals surface area contributed by atoms with Gasteiger partial charge in [-0.3, -0.25) is 9.47 Å². The summed E-state index contributed by atoms with van der Waals surface area (Å²) in [5, 5.41) is 0. The van der Waals surface area contributed by atoms with Gasteiger partial charge in [0.25, 0.3) is 5.91 Å². The number of halogens is 1. The number of hydrogen-bond donors (Lipinski definition) is 2. The Hall–Kier alpha value is -0.720. The van der Waals surface area contributed by atoms with Crippen molar-refractivity contribution in [2.75, 3.05) is 10.8 Å². The van der Waals surface area contributed by atoms with Crippen molar-refractivity contribution in [1.82, 2.24) is 4.68 Å². The molecule has 0 bridgehead atoms. The SMILES string of the molecule is CI.NC(=O)c1cccn1N. The second kappa shape index (κ2) is 5.00. The van der Waals surface area contributed by atoms with Crippen molar-refractivity contribution in [2.45, 2.75) is 0 Å². The van der Waals surface area contributed by atoms with Gasteiger partial charge in [-0.05, 0) is 17.1 Å². The fourth-order valence-corrected chi connectivity index (χ4v) is 0.603. The molecule has 0 saturated carbocycles. The van der Waals surface area contributed by atoms with Crippen LogP contribution in [0.15, 0.2) is 18.3 Å². The maximum absolute atomic E-state index is 10.4. The van der Waals surface area contributed by atoms with E-state index in [0.717, 1.165) is 0 Å². The highest BCUT2D eigenvalue weighted by atomic mass is 127. The zero-order valence-electron chi connectivity index (χ0n) is 6.12. The molecule has 5 heteroatoms. The number of primary amides is 1. The van der Waals surface area contributed by atoms with E-state index in [2.05, 4.69) is 22.6 Å². The second-order valence-corrected chi connectivity index (χ2v) is 1.66. The van der Waals surface area contributed by atoms with Crippen molar-refractivity contribution in [3.8, 4) is 0 Å². The van der Waals surface area contributed by atoms with E-state index in [9.17, 15) is 4.79 Å². The predicted molar refractivity (Wildman–Crippen MR) is 53.0 cm³/mol. The molecule has 62 valence electrons. The summed E-state index contributed by atoms with van der Waals surface area (Å²) in [6.45, 7) is 0. The minimum atomic E-state index is -0.512. The van der Waals surface area contributed by atoms with Gasteiger partial charge in [-0.2, -0.15) is 0 Å². The van der Waals surface area contributed by atoms with Gasteiger partial charge < -0.3 is 11.6 Å². The molecule has 0 radical (unpaired) electrons. The maximum Gasteiger partial charge on any atom is 0.267 e. The van der Waals surface area contributed by atoms with Crippen LogP contribution in [-0.2, 0) is 0 Å². The molecular weight excluding hydrogens is 257 g/mol. The van der Waals surface area contributed by atoms with E-state index in [0.29, 0.717) is 5.69 Å². The zero-order chi connectivity index (χ0) is 8.85. The molecule has 0 aliphatic heterocycles. The average molecular weight is 267 g/mol. The Labute approximate surface area is 78.7 Å². The zero-order valence-corrected chi connectivity index (χ0v) is 8.28. The molecule has 1 aromatic rings. The Morgan fingerprint density at radius 1 is 1.64 bits per heavy atom. The number of carbonyl (C=O) groups excluding carboxylic acids is 1. The van der Waals surface area contributed by atoms with Gasteiger partial charge >= 0.3 is 0 Å². The van der Waals surface area contributed by atoms with Crippen LogP contribution in [0.25, 0.3) is 0 Å². The minimum absolute atomic E-state index is 0.315. The number of rotatable bonds is 1. The van der Waals surface area contributed by atoms with Crippen molar-refractivity contribution in [3.63, 3.8) is 0 Å². The molecule has 4 nitrogen and oxygen atoms in total. The monoisotopic (exact) mass is 267 g/mol. The highest BCUT2D eigenvalue weighted by molar-refractivity contribution is 14.1. The molecule has 0 saturated heterocycles. The van der Waals surface area contributed by atoms with Gasteiger partial charge in [0.1, 0.15) is 5.69 Å². The summed E-state index contributed by atoms with van der Waals surface area (Å²) >= 11 is 2.15. The van der Waals surface area contributed by atoms with Gasteiger partial charge in [0, 0.05) is 6.20 Å². The smallest absolute Gasteiger partial charge is 0.267 e. The Kier molecular flexibility index (Phi) is 4.67. The third kappa shape index (κ3) is 2.79. The molecule has 1 aromatic heterocycles. The van der Waals surface area contributed by atoms with E-state index in [1.165, 1.54) is 4.68 Å². The van der Waals surface area contributed by atoms with Crippen LogP contribution >= 0.6 is 22.6 Å². The standard InChI is InChI=1S/C5H7N3O.CH3I/c6-5(9)4-2-1-3-8(4)7;1-2/h1-3H,7H2,(H2,6,9);1H3. The first kappa shape index (κ1) is 10.3. The lowest BCUT2D eigenvalue weighted by Crippen LogP contribution is -2.20. The van der Waals surface area contributed by atoms with E-state index < -0.39 is 5.91 Å². The van der Waals surface area contributed by atoms with Crippen LogP contribution in [0.3, 0.4) is 0 Å². The van der Waals surface area contributed by atoms with Crippen molar-refractivity contribution in [1.29, 1.82) is 0 Å². The highest BCUT2D eigenvalue weighted by Crippen LogP contribution is 1.93. The summed E-state index contributed by atoms with van der Waals surface area (Å²) in [5.41, 5.74) is 5.23. The summed E-state index contributed by atoms with van der Waals surface area (Å²) < 4.78 is 1.18. The number of carbonyl (C=O) groups is 1. The maximum atomic E-state index is 10.4. The summed E-state index contributed by atoms with van der Waals surface area (Å²) in [6.07, 6.45) is 1.56. The normalized spacial score (nSPS) is 8.18. The molecule has 1 amide bonds. The molecule has 0 fully saturated rings. The van der Waals surface area contributed by atoms with Crippen molar-refractivity contribution >= 4 is 28.5 Å². The quantitative estimate of drug-likeness (QED) is 0.438. The topological polar surface area (TPSA) is 74.0 Å². The Morgan fingerprint density at radius 2 is 2.18 bits per heavy atom. The number of nitrogens with zero attached hydrogens (tertiary/aromatic N) is 1. The van der Waals surface area contributed by atoms with E-state index in [1.807, 2.05) is 4.93 Å². The lowest BCUT2D eigenvalue weighted by molar-refractivity contribution is 0.0993. The number of nitrogens with two attached hydrogens (primary N) is 2. The van der Waals surface area contributed by atoms with Gasteiger partial charge in [-0.15, -0.1) is 0 Å². The first-order valence-corrected chi connectivity index (χ1v) is 4.97. The fourth-order valence-electron chi connectivity index (χ4n) is 0.603. The van der Waals surface area contributed by atoms with Crippen LogP contribution in [0.5, 0.6) is 0 Å². The van der Waals surface area contributed by atoms with Gasteiger partial charge in [-0.25, -0.2) is 0 Å². The average Bonchev–Trinajstić information content (AvgIpc) is 2.39. The van der Waals surface area contributed by atoms with E-state index in [4.69, 9.17) is 11.6 Å². The Bertz CT molecular complexity index is 233. The van der Waals surface area contributed by atoms with Crippen LogP contribution in [-0.4, -0.2) is 15.5 Å². The van der Waals surface area contributed by atoms with E-state index >= 15 is 0 Å². The number of amides is 1. The van der Waals surface area contributed by atoms with Crippen LogP contribution in [0.4, 0.5) is 0 Å². The molecular formula is C6H10IN3O. The molecule has 1 rings (SSSR count). The Balaban J connectivity index is 0.000000461. The van der Waals surface area contributed by atoms with E-state index in [1.54, 1.807) is 18.3 Å². The van der Waals surface area contributed by atoms with Crippen LogP contribution < -0.4 is 11.6 Å². The molecule has 0 unspecified atom stereocenters. The third-order valence-electron chi connectivity index (χ3n) is 1.03. The Morgan fingerprint density at radius 3 is 2.36 bits per heavy atom. The van der Waals surface area contributed by atoms with Gasteiger partial charge in [0.2, 0.25) is 0 Å².